The molecular formula is C24H40. The number of benzene rings is 1. The number of unbranched alkanes of at least 4 members (excludes halogenated alkanes) is 1. The summed E-state index contributed by atoms with van der Waals surface area (Å²) in [5.74, 6) is 15.8. The summed E-state index contributed by atoms with van der Waals surface area (Å²) in [4.78, 5) is 0. The molecule has 136 valence electrons. The van der Waals surface area contributed by atoms with E-state index in [1.807, 2.05) is 77.9 Å². The molecular weight excluding hydrogens is 288 g/mol. The SMILES string of the molecule is CC.CC.CC#CC.CC#CC#CC.CCCC.c1ccccc1. The minimum atomic E-state index is 1.32. The molecule has 24 heavy (non-hydrogen) atoms. The summed E-state index contributed by atoms with van der Waals surface area (Å²) < 4.78 is 0. The third-order valence-electron chi connectivity index (χ3n) is 1.73. The molecule has 0 saturated heterocycles. The minimum Gasteiger partial charge on any atom is -0.107 e. The van der Waals surface area contributed by atoms with Crippen LogP contribution in [0.4, 0.5) is 0 Å². The van der Waals surface area contributed by atoms with Crippen molar-refractivity contribution in [3.63, 3.8) is 0 Å². The molecule has 0 heterocycles. The lowest BCUT2D eigenvalue weighted by Gasteiger charge is -1.69. The van der Waals surface area contributed by atoms with Gasteiger partial charge in [0.2, 0.25) is 0 Å². The molecule has 0 N–H and O–H groups in total. The van der Waals surface area contributed by atoms with E-state index in [0.717, 1.165) is 0 Å². The van der Waals surface area contributed by atoms with E-state index in [4.69, 9.17) is 0 Å². The fraction of sp³-hybridized carbons (Fsp3) is 0.500. The Morgan fingerprint density at radius 2 is 0.667 bits per heavy atom. The molecule has 0 nitrogen and oxygen atoms in total. The smallest absolute Gasteiger partial charge is 0.00168 e. The fourth-order valence-corrected chi connectivity index (χ4v) is 0.510. The van der Waals surface area contributed by atoms with E-state index in [9.17, 15) is 0 Å². The molecule has 0 bridgehead atoms. The molecule has 0 amide bonds. The van der Waals surface area contributed by atoms with Gasteiger partial charge in [-0.05, 0) is 39.5 Å². The Hall–Kier alpha value is -2.10. The molecule has 0 spiro atoms. The van der Waals surface area contributed by atoms with Crippen LogP contribution in [-0.2, 0) is 0 Å². The largest absolute Gasteiger partial charge is 0.107 e. The Morgan fingerprint density at radius 1 is 0.458 bits per heavy atom. The van der Waals surface area contributed by atoms with E-state index >= 15 is 0 Å². The predicted octanol–water partition coefficient (Wildman–Crippen LogP) is 7.61. The number of hydrogen-bond acceptors (Lipinski definition) is 0. The van der Waals surface area contributed by atoms with E-state index in [1.54, 1.807) is 13.8 Å². The van der Waals surface area contributed by atoms with Gasteiger partial charge in [0.25, 0.3) is 0 Å². The van der Waals surface area contributed by atoms with E-state index in [2.05, 4.69) is 49.4 Å². The van der Waals surface area contributed by atoms with Gasteiger partial charge in [-0.15, -0.1) is 11.8 Å². The number of rotatable bonds is 1. The van der Waals surface area contributed by atoms with Crippen molar-refractivity contribution in [2.45, 2.75) is 82.1 Å². The van der Waals surface area contributed by atoms with Crippen molar-refractivity contribution in [3.8, 4) is 35.5 Å². The van der Waals surface area contributed by atoms with Crippen molar-refractivity contribution >= 4 is 0 Å². The first-order valence-corrected chi connectivity index (χ1v) is 8.91. The van der Waals surface area contributed by atoms with Crippen LogP contribution >= 0.6 is 0 Å². The molecule has 0 atom stereocenters. The van der Waals surface area contributed by atoms with Crippen LogP contribution in [0.15, 0.2) is 36.4 Å². The van der Waals surface area contributed by atoms with Crippen molar-refractivity contribution in [2.75, 3.05) is 0 Å². The normalized spacial score (nSPS) is 5.25. The van der Waals surface area contributed by atoms with Crippen molar-refractivity contribution in [2.24, 2.45) is 0 Å². The molecule has 0 aliphatic heterocycles. The van der Waals surface area contributed by atoms with Crippen LogP contribution in [0.2, 0.25) is 0 Å². The average molecular weight is 329 g/mol. The molecule has 1 aromatic carbocycles. The summed E-state index contributed by atoms with van der Waals surface area (Å²) in [6.07, 6.45) is 2.64. The van der Waals surface area contributed by atoms with Gasteiger partial charge in [0.1, 0.15) is 0 Å². The van der Waals surface area contributed by atoms with Crippen LogP contribution in [0, 0.1) is 35.5 Å². The summed E-state index contributed by atoms with van der Waals surface area (Å²) in [7, 11) is 0. The maximum Gasteiger partial charge on any atom is -0.00168 e. The van der Waals surface area contributed by atoms with Gasteiger partial charge in [-0.3, -0.25) is 0 Å². The Kier molecular flexibility index (Phi) is 81.6. The van der Waals surface area contributed by atoms with Gasteiger partial charge < -0.3 is 0 Å². The molecule has 0 unspecified atom stereocenters. The van der Waals surface area contributed by atoms with Gasteiger partial charge in [-0.1, -0.05) is 103 Å². The molecule has 1 aromatic rings. The van der Waals surface area contributed by atoms with Gasteiger partial charge in [0.05, 0.1) is 0 Å². The summed E-state index contributed by atoms with van der Waals surface area (Å²) in [5, 5.41) is 0. The highest BCUT2D eigenvalue weighted by Gasteiger charge is 1.58. The highest BCUT2D eigenvalue weighted by atomic mass is 13.6. The molecule has 0 saturated carbocycles. The summed E-state index contributed by atoms with van der Waals surface area (Å²) in [6, 6.07) is 12.0. The second-order valence-corrected chi connectivity index (χ2v) is 3.40. The zero-order valence-electron chi connectivity index (χ0n) is 17.9. The van der Waals surface area contributed by atoms with E-state index in [0.29, 0.717) is 0 Å². The van der Waals surface area contributed by atoms with Crippen LogP contribution in [0.3, 0.4) is 0 Å². The van der Waals surface area contributed by atoms with Gasteiger partial charge in [0, 0.05) is 0 Å². The van der Waals surface area contributed by atoms with Crippen molar-refractivity contribution in [1.29, 1.82) is 0 Å². The zero-order valence-corrected chi connectivity index (χ0v) is 17.9. The quantitative estimate of drug-likeness (QED) is 0.465. The van der Waals surface area contributed by atoms with Crippen LogP contribution in [0.25, 0.3) is 0 Å². The van der Waals surface area contributed by atoms with Crippen LogP contribution in [-0.4, -0.2) is 0 Å². The summed E-state index contributed by atoms with van der Waals surface area (Å²) in [6.45, 7) is 19.5. The second kappa shape index (κ2) is 58.4. The van der Waals surface area contributed by atoms with Gasteiger partial charge in [-0.2, -0.15) is 0 Å². The predicted molar refractivity (Wildman–Crippen MR) is 116 cm³/mol. The standard InChI is InChI=1S/2C6H6.C4H10.C4H6.2C2H6/c1-2-4-6-5-3-1;1-3-5-6-4-2;2*1-3-4-2;2*1-2/h1-6H;1-2H3;3-4H2,1-2H3;1-2H3;2*1-2H3. The van der Waals surface area contributed by atoms with Crippen LogP contribution in [0.1, 0.15) is 82.1 Å². The van der Waals surface area contributed by atoms with Gasteiger partial charge >= 0.3 is 0 Å². The topological polar surface area (TPSA) is 0 Å². The van der Waals surface area contributed by atoms with Crippen molar-refractivity contribution < 1.29 is 0 Å². The molecule has 0 aliphatic carbocycles. The lowest BCUT2D eigenvalue weighted by Crippen LogP contribution is -1.47. The second-order valence-electron chi connectivity index (χ2n) is 3.40. The number of hydrogen-bond donors (Lipinski definition) is 0. The van der Waals surface area contributed by atoms with Crippen molar-refractivity contribution in [3.05, 3.63) is 36.4 Å². The summed E-state index contributed by atoms with van der Waals surface area (Å²) in [5.41, 5.74) is 0. The molecule has 1 rings (SSSR count). The third kappa shape index (κ3) is 89.7. The maximum atomic E-state index is 2.68. The molecule has 0 radical (unpaired) electrons. The highest BCUT2D eigenvalue weighted by molar-refractivity contribution is 5.23. The molecule has 0 heteroatoms. The highest BCUT2D eigenvalue weighted by Crippen LogP contribution is 1.80. The first-order chi connectivity index (χ1) is 11.7. The Morgan fingerprint density at radius 3 is 0.750 bits per heavy atom. The molecule has 0 aliphatic rings. The van der Waals surface area contributed by atoms with E-state index < -0.39 is 0 Å². The van der Waals surface area contributed by atoms with Gasteiger partial charge in [0.15, 0.2) is 0 Å². The third-order valence-corrected chi connectivity index (χ3v) is 1.73. The molecule has 0 aromatic heterocycles. The Labute approximate surface area is 154 Å². The van der Waals surface area contributed by atoms with Crippen molar-refractivity contribution in [1.82, 2.24) is 0 Å². The van der Waals surface area contributed by atoms with Crippen LogP contribution in [0.5, 0.6) is 0 Å². The first kappa shape index (κ1) is 33.5. The maximum absolute atomic E-state index is 2.68. The Balaban J connectivity index is -0.0000000635. The Bertz CT molecular complexity index is 369. The molecule has 0 fully saturated rings. The average Bonchev–Trinajstić information content (AvgIpc) is 2.71. The fourth-order valence-electron chi connectivity index (χ4n) is 0.510. The van der Waals surface area contributed by atoms with Gasteiger partial charge in [-0.25, -0.2) is 0 Å². The van der Waals surface area contributed by atoms with Crippen LogP contribution < -0.4 is 0 Å². The first-order valence-electron chi connectivity index (χ1n) is 8.91. The lowest BCUT2D eigenvalue weighted by atomic mass is 10.4. The summed E-state index contributed by atoms with van der Waals surface area (Å²) >= 11 is 0. The lowest BCUT2D eigenvalue weighted by molar-refractivity contribution is 0.886. The van der Waals surface area contributed by atoms with E-state index in [1.165, 1.54) is 12.8 Å². The minimum absolute atomic E-state index is 1.32. The monoisotopic (exact) mass is 328 g/mol. The van der Waals surface area contributed by atoms with E-state index in [-0.39, 0.29) is 0 Å². The zero-order chi connectivity index (χ0) is 19.9.